The molecule has 1 N–H and O–H groups in total. The van der Waals surface area contributed by atoms with Crippen LogP contribution in [0.5, 0.6) is 0 Å². The Morgan fingerprint density at radius 3 is 2.30 bits per heavy atom. The van der Waals surface area contributed by atoms with Crippen LogP contribution in [0.4, 0.5) is 0 Å². The van der Waals surface area contributed by atoms with Crippen molar-refractivity contribution in [3.8, 4) is 0 Å². The molecule has 2 rings (SSSR count). The highest BCUT2D eigenvalue weighted by Crippen LogP contribution is 2.41. The zero-order chi connectivity index (χ0) is 7.14. The van der Waals surface area contributed by atoms with Crippen LogP contribution in [0.2, 0.25) is 0 Å². The van der Waals surface area contributed by atoms with Gasteiger partial charge in [0.05, 0.1) is 0 Å². The van der Waals surface area contributed by atoms with E-state index in [2.05, 4.69) is 24.3 Å². The van der Waals surface area contributed by atoms with Crippen molar-refractivity contribution in [1.82, 2.24) is 10.2 Å². The van der Waals surface area contributed by atoms with Gasteiger partial charge in [-0.25, -0.2) is 0 Å². The van der Waals surface area contributed by atoms with Crippen LogP contribution in [0.15, 0.2) is 0 Å². The maximum absolute atomic E-state index is 3.32. The Kier molecular flexibility index (Phi) is 1.46. The third-order valence-corrected chi connectivity index (χ3v) is 2.89. The van der Waals surface area contributed by atoms with Gasteiger partial charge >= 0.3 is 0 Å². The lowest BCUT2D eigenvalue weighted by atomic mass is 9.97. The molecule has 1 aliphatic carbocycles. The lowest BCUT2D eigenvalue weighted by molar-refractivity contribution is 0.268. The number of nitrogens with zero attached hydrogens (tertiary/aromatic N) is 1. The molecule has 1 saturated carbocycles. The molecule has 0 amide bonds. The van der Waals surface area contributed by atoms with E-state index in [0.29, 0.717) is 0 Å². The number of nitrogens with one attached hydrogen (secondary N) is 1. The Bertz CT molecular complexity index is 129. The summed E-state index contributed by atoms with van der Waals surface area (Å²) in [5, 5.41) is 3.32. The van der Waals surface area contributed by atoms with Gasteiger partial charge in [-0.15, -0.1) is 0 Å². The van der Waals surface area contributed by atoms with Crippen molar-refractivity contribution in [3.05, 3.63) is 0 Å². The Morgan fingerprint density at radius 1 is 1.30 bits per heavy atom. The Morgan fingerprint density at radius 2 is 2.00 bits per heavy atom. The fourth-order valence-corrected chi connectivity index (χ4v) is 1.91. The quantitative estimate of drug-likeness (QED) is 0.587. The predicted octanol–water partition coefficient (Wildman–Crippen LogP) is 0.156. The van der Waals surface area contributed by atoms with E-state index in [1.807, 2.05) is 0 Å². The van der Waals surface area contributed by atoms with Crippen LogP contribution in [0.3, 0.4) is 0 Å². The topological polar surface area (TPSA) is 15.3 Å². The summed E-state index contributed by atoms with van der Waals surface area (Å²) in [4.78, 5) is 2.36. The van der Waals surface area contributed by atoms with Gasteiger partial charge < -0.3 is 10.2 Å². The van der Waals surface area contributed by atoms with Gasteiger partial charge in [0.1, 0.15) is 0 Å². The smallest absolute Gasteiger partial charge is 0.0125 e. The molecule has 0 bridgehead atoms. The summed E-state index contributed by atoms with van der Waals surface area (Å²) < 4.78 is 0. The van der Waals surface area contributed by atoms with Crippen molar-refractivity contribution in [1.29, 1.82) is 0 Å². The summed E-state index contributed by atoms with van der Waals surface area (Å²) in [6.45, 7) is 2.55. The summed E-state index contributed by atoms with van der Waals surface area (Å²) >= 11 is 0. The molecular weight excluding hydrogens is 124 g/mol. The minimum absolute atomic E-state index is 0.909. The lowest BCUT2D eigenvalue weighted by Crippen LogP contribution is -2.44. The SMILES string of the molecule is CN(C)C1CC1C1CNC1. The molecular formula is C8H16N2. The Labute approximate surface area is 62.6 Å². The van der Waals surface area contributed by atoms with Gasteiger partial charge in [-0.2, -0.15) is 0 Å². The van der Waals surface area contributed by atoms with E-state index >= 15 is 0 Å². The minimum Gasteiger partial charge on any atom is -0.316 e. The summed E-state index contributed by atoms with van der Waals surface area (Å²) in [5.41, 5.74) is 0. The molecule has 0 radical (unpaired) electrons. The van der Waals surface area contributed by atoms with Gasteiger partial charge in [0.2, 0.25) is 0 Å². The maximum atomic E-state index is 3.32. The molecule has 0 aromatic rings. The van der Waals surface area contributed by atoms with Gasteiger partial charge in [0.25, 0.3) is 0 Å². The Balaban J connectivity index is 1.78. The lowest BCUT2D eigenvalue weighted by Gasteiger charge is -2.28. The van der Waals surface area contributed by atoms with Gasteiger partial charge in [-0.1, -0.05) is 0 Å². The van der Waals surface area contributed by atoms with E-state index in [9.17, 15) is 0 Å². The van der Waals surface area contributed by atoms with Crippen LogP contribution >= 0.6 is 0 Å². The van der Waals surface area contributed by atoms with Crippen LogP contribution in [-0.2, 0) is 0 Å². The van der Waals surface area contributed by atoms with E-state index in [-0.39, 0.29) is 0 Å². The molecule has 58 valence electrons. The van der Waals surface area contributed by atoms with E-state index in [0.717, 1.165) is 17.9 Å². The second kappa shape index (κ2) is 2.21. The zero-order valence-corrected chi connectivity index (χ0v) is 6.80. The monoisotopic (exact) mass is 140 g/mol. The molecule has 2 heteroatoms. The summed E-state index contributed by atoms with van der Waals surface area (Å²) in [7, 11) is 4.38. The van der Waals surface area contributed by atoms with E-state index in [1.165, 1.54) is 19.5 Å². The number of hydrogen-bond donors (Lipinski definition) is 1. The zero-order valence-electron chi connectivity index (χ0n) is 6.80. The average molecular weight is 140 g/mol. The van der Waals surface area contributed by atoms with E-state index < -0.39 is 0 Å². The van der Waals surface area contributed by atoms with Crippen LogP contribution < -0.4 is 5.32 Å². The van der Waals surface area contributed by atoms with Crippen molar-refractivity contribution < 1.29 is 0 Å². The molecule has 1 heterocycles. The van der Waals surface area contributed by atoms with Gasteiger partial charge in [0, 0.05) is 6.04 Å². The molecule has 1 saturated heterocycles. The average Bonchev–Trinajstić information content (AvgIpc) is 2.40. The fraction of sp³-hybridized carbons (Fsp3) is 1.00. The highest BCUT2D eigenvalue weighted by Gasteiger charge is 2.45. The summed E-state index contributed by atoms with van der Waals surface area (Å²) in [5.74, 6) is 2.03. The molecule has 2 unspecified atom stereocenters. The van der Waals surface area contributed by atoms with Crippen molar-refractivity contribution in [2.45, 2.75) is 12.5 Å². The first kappa shape index (κ1) is 6.62. The van der Waals surface area contributed by atoms with Gasteiger partial charge in [-0.3, -0.25) is 0 Å². The second-order valence-electron chi connectivity index (χ2n) is 3.85. The van der Waals surface area contributed by atoms with Crippen molar-refractivity contribution in [2.75, 3.05) is 27.2 Å². The molecule has 0 aromatic carbocycles. The number of hydrogen-bond acceptors (Lipinski definition) is 2. The Hall–Kier alpha value is -0.0800. The predicted molar refractivity (Wildman–Crippen MR) is 41.9 cm³/mol. The molecule has 10 heavy (non-hydrogen) atoms. The highest BCUT2D eigenvalue weighted by atomic mass is 15.1. The molecule has 2 nitrogen and oxygen atoms in total. The minimum atomic E-state index is 0.909. The first-order valence-electron chi connectivity index (χ1n) is 4.16. The van der Waals surface area contributed by atoms with Crippen LogP contribution in [-0.4, -0.2) is 38.1 Å². The van der Waals surface area contributed by atoms with E-state index in [4.69, 9.17) is 0 Å². The number of rotatable bonds is 2. The van der Waals surface area contributed by atoms with Gasteiger partial charge in [0.15, 0.2) is 0 Å². The standard InChI is InChI=1S/C8H16N2/c1-10(2)8-3-7(8)6-4-9-5-6/h6-9H,3-5H2,1-2H3. The normalized spacial score (nSPS) is 39.9. The van der Waals surface area contributed by atoms with Crippen molar-refractivity contribution in [2.24, 2.45) is 11.8 Å². The van der Waals surface area contributed by atoms with Gasteiger partial charge in [-0.05, 0) is 45.4 Å². The molecule has 2 aliphatic rings. The molecule has 2 fully saturated rings. The summed E-state index contributed by atoms with van der Waals surface area (Å²) in [6, 6.07) is 0.909. The molecule has 2 atom stereocenters. The second-order valence-corrected chi connectivity index (χ2v) is 3.85. The third kappa shape index (κ3) is 0.956. The summed E-state index contributed by atoms with van der Waals surface area (Å²) in [6.07, 6.45) is 1.44. The highest BCUT2D eigenvalue weighted by molar-refractivity contribution is 5.00. The molecule has 0 aromatic heterocycles. The van der Waals surface area contributed by atoms with Crippen LogP contribution in [0.25, 0.3) is 0 Å². The van der Waals surface area contributed by atoms with Crippen LogP contribution in [0.1, 0.15) is 6.42 Å². The van der Waals surface area contributed by atoms with Crippen molar-refractivity contribution >= 4 is 0 Å². The van der Waals surface area contributed by atoms with E-state index in [1.54, 1.807) is 0 Å². The first-order valence-corrected chi connectivity index (χ1v) is 4.16. The van der Waals surface area contributed by atoms with Crippen LogP contribution in [0, 0.1) is 11.8 Å². The first-order chi connectivity index (χ1) is 4.79. The molecule has 1 aliphatic heterocycles. The fourth-order valence-electron chi connectivity index (χ4n) is 1.91. The largest absolute Gasteiger partial charge is 0.316 e. The third-order valence-electron chi connectivity index (χ3n) is 2.89. The maximum Gasteiger partial charge on any atom is 0.0125 e. The van der Waals surface area contributed by atoms with Crippen molar-refractivity contribution in [3.63, 3.8) is 0 Å². The molecule has 0 spiro atoms.